The minimum absolute atomic E-state index is 0.0221. The summed E-state index contributed by atoms with van der Waals surface area (Å²) in [7, 11) is 0. The van der Waals surface area contributed by atoms with Gasteiger partial charge in [-0.05, 0) is 36.1 Å². The van der Waals surface area contributed by atoms with Gasteiger partial charge >= 0.3 is 5.97 Å². The summed E-state index contributed by atoms with van der Waals surface area (Å²) in [6.45, 7) is 0. The molecule has 0 fully saturated rings. The molecule has 0 heterocycles. The maximum atomic E-state index is 10.6. The van der Waals surface area contributed by atoms with E-state index in [0.29, 0.717) is 22.6 Å². The maximum Gasteiger partial charge on any atom is 0.307 e. The van der Waals surface area contributed by atoms with Crippen molar-refractivity contribution in [2.45, 2.75) is 11.3 Å². The number of carboxylic acids is 1. The Morgan fingerprint density at radius 2 is 2.00 bits per heavy atom. The normalized spacial score (nSPS) is 9.90. The molecular formula is C16H13NO3S. The Balaban J connectivity index is 2.23. The lowest BCUT2D eigenvalue weighted by Gasteiger charge is -2.10. The minimum Gasteiger partial charge on any atom is -0.481 e. The van der Waals surface area contributed by atoms with Crippen molar-refractivity contribution in [3.05, 3.63) is 53.6 Å². The molecule has 0 saturated carbocycles. The van der Waals surface area contributed by atoms with E-state index in [1.807, 2.05) is 18.4 Å². The molecule has 2 aromatic carbocycles. The molecule has 106 valence electrons. The Kier molecular flexibility index (Phi) is 4.85. The SMILES string of the molecule is CSc1cccc(Oc2ccc(CC(=O)O)cc2)c1C#N. The third kappa shape index (κ3) is 3.77. The Bertz CT molecular complexity index is 690. The number of hydrogen-bond donors (Lipinski definition) is 1. The highest BCUT2D eigenvalue weighted by Crippen LogP contribution is 2.31. The van der Waals surface area contributed by atoms with Gasteiger partial charge in [0.2, 0.25) is 0 Å². The van der Waals surface area contributed by atoms with Crippen LogP contribution in [0.1, 0.15) is 11.1 Å². The van der Waals surface area contributed by atoms with Gasteiger partial charge in [0.15, 0.2) is 0 Å². The summed E-state index contributed by atoms with van der Waals surface area (Å²) >= 11 is 1.49. The number of thioether (sulfide) groups is 1. The quantitative estimate of drug-likeness (QED) is 0.852. The molecule has 1 N–H and O–H groups in total. The van der Waals surface area contributed by atoms with Crippen LogP contribution in [0.15, 0.2) is 47.4 Å². The number of aliphatic carboxylic acids is 1. The van der Waals surface area contributed by atoms with Crippen LogP contribution in [0, 0.1) is 11.3 Å². The van der Waals surface area contributed by atoms with Crippen LogP contribution < -0.4 is 4.74 Å². The third-order valence-electron chi connectivity index (χ3n) is 2.83. The fourth-order valence-electron chi connectivity index (χ4n) is 1.85. The van der Waals surface area contributed by atoms with Crippen LogP contribution in [-0.4, -0.2) is 17.3 Å². The Hall–Kier alpha value is -2.45. The smallest absolute Gasteiger partial charge is 0.307 e. The topological polar surface area (TPSA) is 70.3 Å². The number of carboxylic acid groups (broad SMARTS) is 1. The molecule has 0 aliphatic carbocycles. The van der Waals surface area contributed by atoms with Crippen LogP contribution in [0.25, 0.3) is 0 Å². The molecule has 4 nitrogen and oxygen atoms in total. The number of rotatable bonds is 5. The van der Waals surface area contributed by atoms with Gasteiger partial charge in [0.05, 0.1) is 6.42 Å². The van der Waals surface area contributed by atoms with E-state index >= 15 is 0 Å². The first-order valence-electron chi connectivity index (χ1n) is 6.19. The number of ether oxygens (including phenoxy) is 1. The molecule has 0 unspecified atom stereocenters. The molecule has 0 atom stereocenters. The number of hydrogen-bond acceptors (Lipinski definition) is 4. The van der Waals surface area contributed by atoms with Crippen molar-refractivity contribution in [2.24, 2.45) is 0 Å². The van der Waals surface area contributed by atoms with Gasteiger partial charge in [-0.25, -0.2) is 0 Å². The van der Waals surface area contributed by atoms with Crippen molar-refractivity contribution >= 4 is 17.7 Å². The van der Waals surface area contributed by atoms with Crippen LogP contribution in [-0.2, 0) is 11.2 Å². The average molecular weight is 299 g/mol. The van der Waals surface area contributed by atoms with E-state index in [1.54, 1.807) is 30.3 Å². The van der Waals surface area contributed by atoms with Crippen molar-refractivity contribution < 1.29 is 14.6 Å². The van der Waals surface area contributed by atoms with E-state index < -0.39 is 5.97 Å². The first kappa shape index (κ1) is 14.9. The molecule has 5 heteroatoms. The van der Waals surface area contributed by atoms with Gasteiger partial charge in [0, 0.05) is 4.90 Å². The molecule has 0 aliphatic rings. The maximum absolute atomic E-state index is 10.6. The molecular weight excluding hydrogens is 286 g/mol. The summed E-state index contributed by atoms with van der Waals surface area (Å²) in [5, 5.41) is 18.0. The number of nitrogens with zero attached hydrogens (tertiary/aromatic N) is 1. The van der Waals surface area contributed by atoms with Crippen LogP contribution >= 0.6 is 11.8 Å². The van der Waals surface area contributed by atoms with Gasteiger partial charge in [-0.2, -0.15) is 5.26 Å². The second kappa shape index (κ2) is 6.82. The Labute approximate surface area is 127 Å². The summed E-state index contributed by atoms with van der Waals surface area (Å²) in [6.07, 6.45) is 1.88. The van der Waals surface area contributed by atoms with Crippen molar-refractivity contribution in [3.8, 4) is 17.6 Å². The zero-order valence-electron chi connectivity index (χ0n) is 11.4. The minimum atomic E-state index is -0.872. The lowest BCUT2D eigenvalue weighted by atomic mass is 10.1. The first-order chi connectivity index (χ1) is 10.1. The molecule has 0 aromatic heterocycles. The van der Waals surface area contributed by atoms with E-state index in [0.717, 1.165) is 4.90 Å². The van der Waals surface area contributed by atoms with Crippen molar-refractivity contribution in [3.63, 3.8) is 0 Å². The predicted molar refractivity (Wildman–Crippen MR) is 80.8 cm³/mol. The molecule has 0 saturated heterocycles. The molecule has 21 heavy (non-hydrogen) atoms. The summed E-state index contributed by atoms with van der Waals surface area (Å²) in [5.41, 5.74) is 1.20. The predicted octanol–water partition coefficient (Wildman–Crippen LogP) is 3.70. The fraction of sp³-hybridized carbons (Fsp3) is 0.125. The number of nitriles is 1. The van der Waals surface area contributed by atoms with Crippen LogP contribution in [0.2, 0.25) is 0 Å². The van der Waals surface area contributed by atoms with E-state index in [4.69, 9.17) is 9.84 Å². The number of carbonyl (C=O) groups is 1. The molecule has 2 aromatic rings. The molecule has 0 radical (unpaired) electrons. The lowest BCUT2D eigenvalue weighted by molar-refractivity contribution is -0.136. The summed E-state index contributed by atoms with van der Waals surface area (Å²) in [4.78, 5) is 11.5. The van der Waals surface area contributed by atoms with Gasteiger partial charge in [-0.3, -0.25) is 4.79 Å². The van der Waals surface area contributed by atoms with Gasteiger partial charge in [-0.1, -0.05) is 18.2 Å². The van der Waals surface area contributed by atoms with Gasteiger partial charge in [-0.15, -0.1) is 11.8 Å². The van der Waals surface area contributed by atoms with E-state index in [9.17, 15) is 10.1 Å². The van der Waals surface area contributed by atoms with Gasteiger partial charge in [0.1, 0.15) is 23.1 Å². The zero-order valence-corrected chi connectivity index (χ0v) is 12.2. The molecule has 0 aliphatic heterocycles. The summed E-state index contributed by atoms with van der Waals surface area (Å²) in [5.74, 6) is 0.192. The van der Waals surface area contributed by atoms with E-state index in [2.05, 4.69) is 6.07 Å². The second-order valence-corrected chi connectivity index (χ2v) is 5.11. The second-order valence-electron chi connectivity index (χ2n) is 4.26. The van der Waals surface area contributed by atoms with Crippen molar-refractivity contribution in [1.82, 2.24) is 0 Å². The largest absolute Gasteiger partial charge is 0.481 e. The van der Waals surface area contributed by atoms with Crippen molar-refractivity contribution in [1.29, 1.82) is 5.26 Å². The summed E-state index contributed by atoms with van der Waals surface area (Å²) < 4.78 is 5.72. The molecule has 0 spiro atoms. The number of benzene rings is 2. The lowest BCUT2D eigenvalue weighted by Crippen LogP contribution is -1.99. The standard InChI is InChI=1S/C16H13NO3S/c1-21-15-4-2-3-14(13(15)10-17)20-12-7-5-11(6-8-12)9-16(18)19/h2-8H,9H2,1H3,(H,18,19). The van der Waals surface area contributed by atoms with E-state index in [-0.39, 0.29) is 6.42 Å². The summed E-state index contributed by atoms with van der Waals surface area (Å²) in [6, 6.07) is 14.4. The third-order valence-corrected chi connectivity index (χ3v) is 3.61. The first-order valence-corrected chi connectivity index (χ1v) is 7.42. The molecule has 0 amide bonds. The van der Waals surface area contributed by atoms with Crippen LogP contribution in [0.4, 0.5) is 0 Å². The Morgan fingerprint density at radius 3 is 2.57 bits per heavy atom. The zero-order chi connectivity index (χ0) is 15.2. The highest BCUT2D eigenvalue weighted by atomic mass is 32.2. The van der Waals surface area contributed by atoms with Crippen LogP contribution in [0.5, 0.6) is 11.5 Å². The Morgan fingerprint density at radius 1 is 1.29 bits per heavy atom. The highest BCUT2D eigenvalue weighted by Gasteiger charge is 2.09. The van der Waals surface area contributed by atoms with Crippen LogP contribution in [0.3, 0.4) is 0 Å². The average Bonchev–Trinajstić information content (AvgIpc) is 2.48. The monoisotopic (exact) mass is 299 g/mol. The van der Waals surface area contributed by atoms with E-state index in [1.165, 1.54) is 11.8 Å². The van der Waals surface area contributed by atoms with Gasteiger partial charge in [0.25, 0.3) is 0 Å². The highest BCUT2D eigenvalue weighted by molar-refractivity contribution is 7.98. The van der Waals surface area contributed by atoms with Gasteiger partial charge < -0.3 is 9.84 Å². The molecule has 2 rings (SSSR count). The fourth-order valence-corrected chi connectivity index (χ4v) is 2.42. The molecule has 0 bridgehead atoms. The van der Waals surface area contributed by atoms with Crippen molar-refractivity contribution in [2.75, 3.05) is 6.26 Å².